The van der Waals surface area contributed by atoms with Gasteiger partial charge in [-0.25, -0.2) is 0 Å². The van der Waals surface area contributed by atoms with Gasteiger partial charge in [0.05, 0.1) is 5.69 Å². The van der Waals surface area contributed by atoms with Crippen LogP contribution in [0.2, 0.25) is 0 Å². The first-order valence-corrected chi connectivity index (χ1v) is 2.73. The van der Waals surface area contributed by atoms with Gasteiger partial charge in [0, 0.05) is 11.9 Å². The van der Waals surface area contributed by atoms with Crippen molar-refractivity contribution in [1.82, 2.24) is 9.59 Å². The molecule has 0 aliphatic carbocycles. The van der Waals surface area contributed by atoms with Crippen molar-refractivity contribution in [3.8, 4) is 0 Å². The summed E-state index contributed by atoms with van der Waals surface area (Å²) in [7, 11) is 0. The van der Waals surface area contributed by atoms with Gasteiger partial charge in [-0.3, -0.25) is 0 Å². The van der Waals surface area contributed by atoms with Gasteiger partial charge in [-0.2, -0.15) is 0 Å². The summed E-state index contributed by atoms with van der Waals surface area (Å²) in [5.41, 5.74) is 6.06. The maximum atomic E-state index is 5.20. The van der Waals surface area contributed by atoms with Crippen LogP contribution in [-0.4, -0.2) is 9.59 Å². The summed E-state index contributed by atoms with van der Waals surface area (Å²) in [6.45, 7) is 0.497. The highest BCUT2D eigenvalue weighted by Gasteiger charge is 1.86. The van der Waals surface area contributed by atoms with E-state index in [2.05, 4.69) is 9.59 Å². The molecule has 0 aromatic carbocycles. The van der Waals surface area contributed by atoms with Crippen LogP contribution in [0.4, 0.5) is 0 Å². The number of rotatable bonds is 1. The Balaban J connectivity index is 0.000000490. The average Bonchev–Trinajstić information content (AvgIpc) is 2.14. The molecule has 1 heterocycles. The van der Waals surface area contributed by atoms with Crippen LogP contribution in [0.15, 0.2) is 5.38 Å². The van der Waals surface area contributed by atoms with E-state index in [1.165, 1.54) is 11.5 Å². The monoisotopic (exact) mass is 151 g/mol. The van der Waals surface area contributed by atoms with Crippen molar-refractivity contribution in [2.24, 2.45) is 5.73 Å². The third-order valence-corrected chi connectivity index (χ3v) is 1.17. The second kappa shape index (κ2) is 3.77. The van der Waals surface area contributed by atoms with Crippen LogP contribution >= 0.6 is 23.9 Å². The minimum absolute atomic E-state index is 0. The van der Waals surface area contributed by atoms with Crippen LogP contribution < -0.4 is 5.73 Å². The molecular weight excluding hydrogens is 146 g/mol. The first-order chi connectivity index (χ1) is 3.43. The van der Waals surface area contributed by atoms with E-state index in [1.54, 1.807) is 0 Å². The summed E-state index contributed by atoms with van der Waals surface area (Å²) in [4.78, 5) is 0. The van der Waals surface area contributed by atoms with E-state index in [4.69, 9.17) is 5.73 Å². The second-order valence-electron chi connectivity index (χ2n) is 1.10. The van der Waals surface area contributed by atoms with Crippen molar-refractivity contribution in [1.29, 1.82) is 0 Å². The molecule has 0 aliphatic rings. The average molecular weight is 152 g/mol. The first kappa shape index (κ1) is 7.81. The van der Waals surface area contributed by atoms with Crippen LogP contribution in [0.1, 0.15) is 5.69 Å². The van der Waals surface area contributed by atoms with E-state index in [-0.39, 0.29) is 12.4 Å². The highest BCUT2D eigenvalue weighted by molar-refractivity contribution is 7.03. The van der Waals surface area contributed by atoms with Gasteiger partial charge >= 0.3 is 0 Å². The third kappa shape index (κ3) is 1.73. The lowest BCUT2D eigenvalue weighted by molar-refractivity contribution is 0.958. The molecular formula is C3H6ClN3S. The molecule has 0 unspecified atom stereocenters. The van der Waals surface area contributed by atoms with Gasteiger partial charge in [0.2, 0.25) is 0 Å². The maximum absolute atomic E-state index is 5.20. The van der Waals surface area contributed by atoms with Gasteiger partial charge in [-0.1, -0.05) is 4.49 Å². The molecule has 0 spiro atoms. The fraction of sp³-hybridized carbons (Fsp3) is 0.333. The Kier molecular flexibility index (Phi) is 3.68. The van der Waals surface area contributed by atoms with Crippen molar-refractivity contribution in [3.63, 3.8) is 0 Å². The van der Waals surface area contributed by atoms with E-state index >= 15 is 0 Å². The van der Waals surface area contributed by atoms with Crippen LogP contribution in [0.25, 0.3) is 0 Å². The zero-order chi connectivity index (χ0) is 5.11. The van der Waals surface area contributed by atoms with Crippen molar-refractivity contribution in [2.75, 3.05) is 0 Å². The molecule has 0 saturated heterocycles. The molecule has 46 valence electrons. The fourth-order valence-corrected chi connectivity index (χ4v) is 0.737. The summed E-state index contributed by atoms with van der Waals surface area (Å²) < 4.78 is 3.60. The highest BCUT2D eigenvalue weighted by atomic mass is 35.5. The summed E-state index contributed by atoms with van der Waals surface area (Å²) in [6, 6.07) is 0. The maximum Gasteiger partial charge on any atom is 0.0891 e. The van der Waals surface area contributed by atoms with Crippen molar-refractivity contribution < 1.29 is 0 Å². The van der Waals surface area contributed by atoms with Crippen LogP contribution in [0.3, 0.4) is 0 Å². The number of aromatic nitrogens is 2. The van der Waals surface area contributed by atoms with Gasteiger partial charge in [0.25, 0.3) is 0 Å². The molecule has 3 nitrogen and oxygen atoms in total. The smallest absolute Gasteiger partial charge is 0.0891 e. The van der Waals surface area contributed by atoms with E-state index in [0.717, 1.165) is 5.69 Å². The second-order valence-corrected chi connectivity index (χ2v) is 1.71. The lowest BCUT2D eigenvalue weighted by Crippen LogP contribution is -1.95. The molecule has 1 aromatic rings. The fourth-order valence-electron chi connectivity index (χ4n) is 0.273. The van der Waals surface area contributed by atoms with Gasteiger partial charge < -0.3 is 5.73 Å². The summed E-state index contributed by atoms with van der Waals surface area (Å²) in [5, 5.41) is 5.51. The zero-order valence-electron chi connectivity index (χ0n) is 4.07. The molecule has 0 saturated carbocycles. The minimum atomic E-state index is 0. The predicted molar refractivity (Wildman–Crippen MR) is 35.0 cm³/mol. The molecule has 0 radical (unpaired) electrons. The molecule has 1 aromatic heterocycles. The summed E-state index contributed by atoms with van der Waals surface area (Å²) in [5.74, 6) is 0. The van der Waals surface area contributed by atoms with Crippen molar-refractivity contribution in [3.05, 3.63) is 11.1 Å². The standard InChI is InChI=1S/C3H5N3S.ClH/c4-1-3-2-7-6-5-3;/h2H,1,4H2;1H. The van der Waals surface area contributed by atoms with E-state index in [0.29, 0.717) is 6.54 Å². The number of hydrogen-bond acceptors (Lipinski definition) is 4. The van der Waals surface area contributed by atoms with Crippen molar-refractivity contribution in [2.45, 2.75) is 6.54 Å². The van der Waals surface area contributed by atoms with Crippen LogP contribution in [0, 0.1) is 0 Å². The largest absolute Gasteiger partial charge is 0.325 e. The van der Waals surface area contributed by atoms with Gasteiger partial charge in [0.1, 0.15) is 0 Å². The van der Waals surface area contributed by atoms with Crippen LogP contribution in [-0.2, 0) is 6.54 Å². The Morgan fingerprint density at radius 3 is 2.75 bits per heavy atom. The van der Waals surface area contributed by atoms with E-state index in [9.17, 15) is 0 Å². The van der Waals surface area contributed by atoms with Gasteiger partial charge in [-0.05, 0) is 11.5 Å². The molecule has 1 rings (SSSR count). The lowest BCUT2D eigenvalue weighted by atomic mass is 10.5. The molecule has 5 heteroatoms. The minimum Gasteiger partial charge on any atom is -0.325 e. The topological polar surface area (TPSA) is 51.8 Å². The summed E-state index contributed by atoms with van der Waals surface area (Å²) >= 11 is 1.32. The Morgan fingerprint density at radius 1 is 1.75 bits per heavy atom. The number of nitrogens with zero attached hydrogens (tertiary/aromatic N) is 2. The Labute approximate surface area is 57.5 Å². The molecule has 2 N–H and O–H groups in total. The molecule has 0 atom stereocenters. The molecule has 0 amide bonds. The number of hydrogen-bond donors (Lipinski definition) is 1. The highest BCUT2D eigenvalue weighted by Crippen LogP contribution is 1.92. The van der Waals surface area contributed by atoms with E-state index in [1.807, 2.05) is 5.38 Å². The van der Waals surface area contributed by atoms with Gasteiger partial charge in [-0.15, -0.1) is 17.5 Å². The van der Waals surface area contributed by atoms with Crippen LogP contribution in [0.5, 0.6) is 0 Å². The van der Waals surface area contributed by atoms with Crippen molar-refractivity contribution >= 4 is 23.9 Å². The Bertz CT molecular complexity index is 129. The van der Waals surface area contributed by atoms with Gasteiger partial charge in [0.15, 0.2) is 0 Å². The Morgan fingerprint density at radius 2 is 2.50 bits per heavy atom. The Hall–Kier alpha value is -0.190. The molecule has 0 fully saturated rings. The summed E-state index contributed by atoms with van der Waals surface area (Å²) in [6.07, 6.45) is 0. The normalized spacial score (nSPS) is 8.12. The first-order valence-electron chi connectivity index (χ1n) is 1.89. The molecule has 0 aliphatic heterocycles. The molecule has 8 heavy (non-hydrogen) atoms. The zero-order valence-corrected chi connectivity index (χ0v) is 5.71. The quantitative estimate of drug-likeness (QED) is 0.633. The predicted octanol–water partition coefficient (Wildman–Crippen LogP) is 0.419. The number of halogens is 1. The SMILES string of the molecule is Cl.NCc1csnn1. The number of nitrogens with two attached hydrogens (primary N) is 1. The lowest BCUT2D eigenvalue weighted by Gasteiger charge is -1.76. The van der Waals surface area contributed by atoms with E-state index < -0.39 is 0 Å². The molecule has 0 bridgehead atoms. The third-order valence-electron chi connectivity index (χ3n) is 0.614.